The number of hydrogen-bond donors (Lipinski definition) is 0. The van der Waals surface area contributed by atoms with Gasteiger partial charge in [-0.1, -0.05) is 12.1 Å². The number of benzene rings is 1. The molecule has 0 amide bonds. The topological polar surface area (TPSA) is 39.2 Å². The Kier molecular flexibility index (Phi) is 3.50. The molecule has 0 unspecified atom stereocenters. The number of esters is 1. The van der Waals surface area contributed by atoms with Crippen molar-refractivity contribution in [3.63, 3.8) is 0 Å². The van der Waals surface area contributed by atoms with Crippen LogP contribution in [0.1, 0.15) is 21.5 Å². The van der Waals surface area contributed by atoms with E-state index >= 15 is 0 Å². The summed E-state index contributed by atoms with van der Waals surface area (Å²) in [6, 6.07) is 11.4. The number of aromatic nitrogens is 1. The predicted molar refractivity (Wildman–Crippen MR) is 64.8 cm³/mol. The van der Waals surface area contributed by atoms with E-state index < -0.39 is 0 Å². The number of hydrogen-bond acceptors (Lipinski definition) is 3. The van der Waals surface area contributed by atoms with Crippen LogP contribution in [0.5, 0.6) is 0 Å². The molecule has 0 aliphatic carbocycles. The van der Waals surface area contributed by atoms with E-state index in [-0.39, 0.29) is 5.97 Å². The van der Waals surface area contributed by atoms with E-state index in [0.29, 0.717) is 5.56 Å². The number of carbonyl (C=O) groups is 1. The first kappa shape index (κ1) is 11.3. The molecule has 3 heteroatoms. The summed E-state index contributed by atoms with van der Waals surface area (Å²) in [6.45, 7) is 0. The van der Waals surface area contributed by atoms with Crippen LogP contribution in [-0.4, -0.2) is 18.1 Å². The highest BCUT2D eigenvalue weighted by atomic mass is 16.5. The van der Waals surface area contributed by atoms with Crippen LogP contribution < -0.4 is 0 Å². The fraction of sp³-hybridized carbons (Fsp3) is 0.143. The van der Waals surface area contributed by atoms with Crippen LogP contribution in [0.15, 0.2) is 48.8 Å². The van der Waals surface area contributed by atoms with Gasteiger partial charge in [-0.05, 0) is 41.8 Å². The van der Waals surface area contributed by atoms with Crippen LogP contribution in [0.2, 0.25) is 0 Å². The van der Waals surface area contributed by atoms with E-state index in [0.717, 1.165) is 12.0 Å². The minimum absolute atomic E-state index is 0.305. The Morgan fingerprint density at radius 2 is 1.65 bits per heavy atom. The first-order chi connectivity index (χ1) is 8.29. The van der Waals surface area contributed by atoms with Crippen molar-refractivity contribution < 1.29 is 9.53 Å². The van der Waals surface area contributed by atoms with Crippen molar-refractivity contribution in [2.75, 3.05) is 7.11 Å². The second-order valence-electron chi connectivity index (χ2n) is 3.72. The number of ether oxygens (including phenoxy) is 1. The van der Waals surface area contributed by atoms with Crippen molar-refractivity contribution in [2.24, 2.45) is 0 Å². The molecule has 0 fully saturated rings. The minimum Gasteiger partial charge on any atom is -0.465 e. The van der Waals surface area contributed by atoms with Crippen molar-refractivity contribution >= 4 is 5.97 Å². The first-order valence-electron chi connectivity index (χ1n) is 5.36. The summed E-state index contributed by atoms with van der Waals surface area (Å²) in [7, 11) is 1.38. The van der Waals surface area contributed by atoms with Gasteiger partial charge in [-0.25, -0.2) is 4.79 Å². The third-order valence-corrected chi connectivity index (χ3v) is 2.53. The molecule has 1 aromatic carbocycles. The quantitative estimate of drug-likeness (QED) is 0.756. The molecule has 0 atom stereocenters. The molecule has 17 heavy (non-hydrogen) atoms. The van der Waals surface area contributed by atoms with Crippen LogP contribution in [0, 0.1) is 0 Å². The molecule has 0 aliphatic heterocycles. The van der Waals surface area contributed by atoms with Gasteiger partial charge in [-0.2, -0.15) is 0 Å². The molecule has 0 saturated heterocycles. The number of nitrogens with zero attached hydrogens (tertiary/aromatic N) is 1. The summed E-state index contributed by atoms with van der Waals surface area (Å²) in [5.74, 6) is -0.305. The molecule has 0 saturated carbocycles. The maximum atomic E-state index is 11.3. The normalized spacial score (nSPS) is 9.94. The third kappa shape index (κ3) is 2.91. The van der Waals surface area contributed by atoms with E-state index in [9.17, 15) is 4.79 Å². The average molecular weight is 227 g/mol. The number of methoxy groups -OCH3 is 1. The molecule has 2 aromatic rings. The molecule has 2 rings (SSSR count). The number of pyridine rings is 1. The van der Waals surface area contributed by atoms with Gasteiger partial charge in [0.05, 0.1) is 12.7 Å². The molecule has 1 aromatic heterocycles. The van der Waals surface area contributed by atoms with E-state index in [1.807, 2.05) is 24.3 Å². The minimum atomic E-state index is -0.305. The molecule has 0 aliphatic rings. The van der Waals surface area contributed by atoms with Crippen molar-refractivity contribution in [2.45, 2.75) is 6.42 Å². The van der Waals surface area contributed by atoms with Crippen LogP contribution >= 0.6 is 0 Å². The molecule has 86 valence electrons. The Hall–Kier alpha value is -2.16. The highest BCUT2D eigenvalue weighted by Gasteiger charge is 2.04. The third-order valence-electron chi connectivity index (χ3n) is 2.53. The summed E-state index contributed by atoms with van der Waals surface area (Å²) < 4.78 is 4.65. The molecule has 0 radical (unpaired) electrons. The zero-order chi connectivity index (χ0) is 12.1. The molecule has 0 N–H and O–H groups in total. The molecule has 3 nitrogen and oxygen atoms in total. The summed E-state index contributed by atoms with van der Waals surface area (Å²) in [5, 5.41) is 0. The Morgan fingerprint density at radius 1 is 1.06 bits per heavy atom. The lowest BCUT2D eigenvalue weighted by atomic mass is 10.0. The number of rotatable bonds is 3. The Morgan fingerprint density at radius 3 is 2.24 bits per heavy atom. The first-order valence-corrected chi connectivity index (χ1v) is 5.36. The summed E-state index contributed by atoms with van der Waals surface area (Å²) in [4.78, 5) is 15.2. The van der Waals surface area contributed by atoms with Gasteiger partial charge in [-0.15, -0.1) is 0 Å². The Balaban J connectivity index is 2.11. The SMILES string of the molecule is COC(=O)c1ccc(Cc2ccncc2)cc1. The molecule has 1 heterocycles. The smallest absolute Gasteiger partial charge is 0.337 e. The van der Waals surface area contributed by atoms with E-state index in [1.165, 1.54) is 12.7 Å². The Bertz CT molecular complexity index is 491. The van der Waals surface area contributed by atoms with Crippen LogP contribution in [0.3, 0.4) is 0 Å². The highest BCUT2D eigenvalue weighted by Crippen LogP contribution is 2.10. The van der Waals surface area contributed by atoms with Crippen LogP contribution in [0.25, 0.3) is 0 Å². The largest absolute Gasteiger partial charge is 0.465 e. The van der Waals surface area contributed by atoms with E-state index in [2.05, 4.69) is 9.72 Å². The zero-order valence-electron chi connectivity index (χ0n) is 9.59. The summed E-state index contributed by atoms with van der Waals surface area (Å²) in [5.41, 5.74) is 2.93. The monoisotopic (exact) mass is 227 g/mol. The van der Waals surface area contributed by atoms with Gasteiger partial charge in [0.2, 0.25) is 0 Å². The van der Waals surface area contributed by atoms with Gasteiger partial charge < -0.3 is 4.74 Å². The fourth-order valence-corrected chi connectivity index (χ4v) is 1.61. The van der Waals surface area contributed by atoms with Gasteiger partial charge >= 0.3 is 5.97 Å². The van der Waals surface area contributed by atoms with Gasteiger partial charge in [0.15, 0.2) is 0 Å². The predicted octanol–water partition coefficient (Wildman–Crippen LogP) is 2.46. The molecule has 0 spiro atoms. The van der Waals surface area contributed by atoms with Gasteiger partial charge in [0.1, 0.15) is 0 Å². The molecular weight excluding hydrogens is 214 g/mol. The zero-order valence-corrected chi connectivity index (χ0v) is 9.59. The summed E-state index contributed by atoms with van der Waals surface area (Å²) in [6.07, 6.45) is 4.39. The van der Waals surface area contributed by atoms with E-state index in [1.54, 1.807) is 24.5 Å². The standard InChI is InChI=1S/C14H13NO2/c1-17-14(16)13-4-2-11(3-5-13)10-12-6-8-15-9-7-12/h2-9H,10H2,1H3. The van der Waals surface area contributed by atoms with Gasteiger partial charge in [-0.3, -0.25) is 4.98 Å². The average Bonchev–Trinajstić information content (AvgIpc) is 2.40. The van der Waals surface area contributed by atoms with Crippen molar-refractivity contribution in [3.8, 4) is 0 Å². The van der Waals surface area contributed by atoms with Crippen molar-refractivity contribution in [1.82, 2.24) is 4.98 Å². The van der Waals surface area contributed by atoms with Gasteiger partial charge in [0.25, 0.3) is 0 Å². The van der Waals surface area contributed by atoms with Gasteiger partial charge in [0, 0.05) is 12.4 Å². The highest BCUT2D eigenvalue weighted by molar-refractivity contribution is 5.89. The lowest BCUT2D eigenvalue weighted by molar-refractivity contribution is 0.0600. The van der Waals surface area contributed by atoms with E-state index in [4.69, 9.17) is 0 Å². The molecular formula is C14H13NO2. The second-order valence-corrected chi connectivity index (χ2v) is 3.72. The van der Waals surface area contributed by atoms with Crippen LogP contribution in [0.4, 0.5) is 0 Å². The lowest BCUT2D eigenvalue weighted by Crippen LogP contribution is -2.00. The fourth-order valence-electron chi connectivity index (χ4n) is 1.61. The second kappa shape index (κ2) is 5.25. The number of carbonyl (C=O) groups excluding carboxylic acids is 1. The maximum Gasteiger partial charge on any atom is 0.337 e. The van der Waals surface area contributed by atoms with Crippen molar-refractivity contribution in [3.05, 3.63) is 65.5 Å². The van der Waals surface area contributed by atoms with Crippen molar-refractivity contribution in [1.29, 1.82) is 0 Å². The lowest BCUT2D eigenvalue weighted by Gasteiger charge is -2.03. The van der Waals surface area contributed by atoms with Crippen LogP contribution in [-0.2, 0) is 11.2 Å². The summed E-state index contributed by atoms with van der Waals surface area (Å²) >= 11 is 0. The molecule has 0 bridgehead atoms. The Labute approximate surface area is 100 Å². The maximum absolute atomic E-state index is 11.3.